The summed E-state index contributed by atoms with van der Waals surface area (Å²) >= 11 is 6.14. The van der Waals surface area contributed by atoms with Crippen LogP contribution >= 0.6 is 11.6 Å². The van der Waals surface area contributed by atoms with Gasteiger partial charge in [-0.25, -0.2) is 4.39 Å². The highest BCUT2D eigenvalue weighted by Crippen LogP contribution is 2.25. The second kappa shape index (κ2) is 9.52. The van der Waals surface area contributed by atoms with Crippen LogP contribution in [-0.2, 0) is 16.1 Å². The van der Waals surface area contributed by atoms with Gasteiger partial charge in [-0.15, -0.1) is 0 Å². The van der Waals surface area contributed by atoms with E-state index in [1.807, 2.05) is 22.9 Å². The van der Waals surface area contributed by atoms with Crippen LogP contribution in [0.2, 0.25) is 5.02 Å². The van der Waals surface area contributed by atoms with Crippen LogP contribution in [-0.4, -0.2) is 33.3 Å². The summed E-state index contributed by atoms with van der Waals surface area (Å²) in [6, 6.07) is 11.3. The molecule has 0 spiro atoms. The van der Waals surface area contributed by atoms with Gasteiger partial charge in [0.25, 0.3) is 0 Å². The maximum atomic E-state index is 13.5. The molecule has 0 radical (unpaired) electrons. The normalized spacial score (nSPS) is 12.1. The van der Waals surface area contributed by atoms with E-state index < -0.39 is 17.7 Å². The topological polar surface area (TPSA) is 84.2 Å². The van der Waals surface area contributed by atoms with Gasteiger partial charge in [-0.2, -0.15) is 5.10 Å². The SMILES string of the molecule is O=C(O)CC(CC(=O)NCCCn1ncc2c(Cl)cccc21)c1cccc(F)c1. The van der Waals surface area contributed by atoms with Crippen molar-refractivity contribution >= 4 is 34.4 Å². The smallest absolute Gasteiger partial charge is 0.303 e. The van der Waals surface area contributed by atoms with Crippen LogP contribution in [0.15, 0.2) is 48.7 Å². The van der Waals surface area contributed by atoms with Crippen LogP contribution in [0, 0.1) is 5.82 Å². The molecule has 3 aromatic rings. The molecule has 0 fully saturated rings. The zero-order valence-corrected chi connectivity index (χ0v) is 16.4. The van der Waals surface area contributed by atoms with Crippen LogP contribution in [0.4, 0.5) is 4.39 Å². The summed E-state index contributed by atoms with van der Waals surface area (Å²) < 4.78 is 15.3. The Morgan fingerprint density at radius 3 is 2.76 bits per heavy atom. The highest BCUT2D eigenvalue weighted by molar-refractivity contribution is 6.35. The largest absolute Gasteiger partial charge is 0.481 e. The predicted molar refractivity (Wildman–Crippen MR) is 108 cm³/mol. The van der Waals surface area contributed by atoms with E-state index in [-0.39, 0.29) is 18.7 Å². The van der Waals surface area contributed by atoms with Gasteiger partial charge in [0.1, 0.15) is 5.82 Å². The first-order valence-electron chi connectivity index (χ1n) is 9.28. The average Bonchev–Trinajstić information content (AvgIpc) is 3.09. The van der Waals surface area contributed by atoms with E-state index in [0.29, 0.717) is 30.1 Å². The first-order valence-corrected chi connectivity index (χ1v) is 9.66. The lowest BCUT2D eigenvalue weighted by Gasteiger charge is -2.15. The van der Waals surface area contributed by atoms with E-state index in [0.717, 1.165) is 10.9 Å². The molecule has 6 nitrogen and oxygen atoms in total. The van der Waals surface area contributed by atoms with Gasteiger partial charge in [0.05, 0.1) is 23.2 Å². The van der Waals surface area contributed by atoms with Crippen LogP contribution in [0.3, 0.4) is 0 Å². The number of carboxylic acid groups (broad SMARTS) is 1. The Kier molecular flexibility index (Phi) is 6.82. The van der Waals surface area contributed by atoms with Gasteiger partial charge >= 0.3 is 5.97 Å². The Hall–Kier alpha value is -2.93. The van der Waals surface area contributed by atoms with Crippen LogP contribution < -0.4 is 5.32 Å². The molecule has 2 aromatic carbocycles. The molecule has 0 saturated carbocycles. The second-order valence-corrected chi connectivity index (χ2v) is 7.20. The number of fused-ring (bicyclic) bond motifs is 1. The number of amides is 1. The first-order chi connectivity index (χ1) is 13.9. The summed E-state index contributed by atoms with van der Waals surface area (Å²) in [5.74, 6) is -2.34. The molecule has 152 valence electrons. The van der Waals surface area contributed by atoms with E-state index in [9.17, 15) is 14.0 Å². The Morgan fingerprint density at radius 1 is 1.21 bits per heavy atom. The van der Waals surface area contributed by atoms with Crippen molar-refractivity contribution in [2.24, 2.45) is 0 Å². The highest BCUT2D eigenvalue weighted by atomic mass is 35.5. The fourth-order valence-electron chi connectivity index (χ4n) is 3.28. The van der Waals surface area contributed by atoms with Crippen LogP contribution in [0.25, 0.3) is 10.9 Å². The lowest BCUT2D eigenvalue weighted by atomic mass is 9.92. The Morgan fingerprint density at radius 2 is 2.00 bits per heavy atom. The minimum Gasteiger partial charge on any atom is -0.481 e. The fraction of sp³-hybridized carbons (Fsp3) is 0.286. The molecule has 1 amide bonds. The number of rotatable bonds is 9. The molecule has 1 unspecified atom stereocenters. The highest BCUT2D eigenvalue weighted by Gasteiger charge is 2.19. The number of halogens is 2. The van der Waals surface area contributed by atoms with Crippen molar-refractivity contribution in [1.82, 2.24) is 15.1 Å². The summed E-state index contributed by atoms with van der Waals surface area (Å²) in [7, 11) is 0. The number of carbonyl (C=O) groups is 2. The van der Waals surface area contributed by atoms with E-state index in [1.165, 1.54) is 18.2 Å². The number of aromatic nitrogens is 2. The van der Waals surface area contributed by atoms with Gasteiger partial charge < -0.3 is 10.4 Å². The molecule has 0 aliphatic heterocycles. The van der Waals surface area contributed by atoms with Gasteiger partial charge in [0.2, 0.25) is 5.91 Å². The van der Waals surface area contributed by atoms with E-state index >= 15 is 0 Å². The third-order valence-corrected chi connectivity index (χ3v) is 5.01. The van der Waals surface area contributed by atoms with E-state index in [2.05, 4.69) is 10.4 Å². The third kappa shape index (κ3) is 5.54. The van der Waals surface area contributed by atoms with Crippen molar-refractivity contribution in [2.75, 3.05) is 6.54 Å². The summed E-state index contributed by atoms with van der Waals surface area (Å²) in [6.07, 6.45) is 2.11. The standard InChI is InChI=1S/C21H21ClFN3O3/c22-18-6-2-7-19-17(18)13-25-26(19)9-3-8-24-20(27)11-15(12-21(28)29)14-4-1-5-16(23)10-14/h1-2,4-7,10,13,15H,3,8-9,11-12H2,(H,24,27)(H,28,29). The maximum Gasteiger partial charge on any atom is 0.303 e. The average molecular weight is 418 g/mol. The lowest BCUT2D eigenvalue weighted by molar-refractivity contribution is -0.137. The molecule has 0 saturated heterocycles. The molecule has 1 atom stereocenters. The van der Waals surface area contributed by atoms with Crippen LogP contribution in [0.5, 0.6) is 0 Å². The summed E-state index contributed by atoms with van der Waals surface area (Å²) in [5.41, 5.74) is 1.43. The molecule has 0 aliphatic carbocycles. The molecular formula is C21H21ClFN3O3. The minimum absolute atomic E-state index is 0.0178. The van der Waals surface area contributed by atoms with Gasteiger partial charge in [-0.05, 0) is 36.2 Å². The number of hydrogen-bond acceptors (Lipinski definition) is 3. The Bertz CT molecular complexity index is 1020. The Balaban J connectivity index is 1.52. The number of carbonyl (C=O) groups excluding carboxylic acids is 1. The van der Waals surface area contributed by atoms with Crippen molar-refractivity contribution in [1.29, 1.82) is 0 Å². The minimum atomic E-state index is -1.03. The number of aryl methyl sites for hydroxylation is 1. The second-order valence-electron chi connectivity index (χ2n) is 6.80. The zero-order chi connectivity index (χ0) is 20.8. The number of carboxylic acids is 1. The summed E-state index contributed by atoms with van der Waals surface area (Å²) in [5, 5.41) is 17.8. The molecule has 0 aliphatic rings. The number of hydrogen-bond donors (Lipinski definition) is 2. The quantitative estimate of drug-likeness (QED) is 0.516. The van der Waals surface area contributed by atoms with Gasteiger partial charge in [-0.3, -0.25) is 14.3 Å². The van der Waals surface area contributed by atoms with Gasteiger partial charge in [0, 0.05) is 30.8 Å². The molecular weight excluding hydrogens is 397 g/mol. The van der Waals surface area contributed by atoms with Crippen molar-refractivity contribution in [3.8, 4) is 0 Å². The maximum absolute atomic E-state index is 13.5. The molecule has 2 N–H and O–H groups in total. The van der Waals surface area contributed by atoms with Crippen molar-refractivity contribution in [3.05, 3.63) is 65.1 Å². The first kappa shape index (κ1) is 20.8. The third-order valence-electron chi connectivity index (χ3n) is 4.68. The number of benzene rings is 2. The summed E-state index contributed by atoms with van der Waals surface area (Å²) in [6.45, 7) is 1.02. The fourth-order valence-corrected chi connectivity index (χ4v) is 3.50. The molecule has 8 heteroatoms. The predicted octanol–water partition coefficient (Wildman–Crippen LogP) is 3.98. The van der Waals surface area contributed by atoms with Crippen molar-refractivity contribution < 1.29 is 19.1 Å². The van der Waals surface area contributed by atoms with Crippen LogP contribution in [0.1, 0.15) is 30.7 Å². The molecule has 3 rings (SSSR count). The monoisotopic (exact) mass is 417 g/mol. The lowest BCUT2D eigenvalue weighted by Crippen LogP contribution is -2.27. The molecule has 1 heterocycles. The van der Waals surface area contributed by atoms with E-state index in [1.54, 1.807) is 12.3 Å². The van der Waals surface area contributed by atoms with Gasteiger partial charge in [-0.1, -0.05) is 29.8 Å². The van der Waals surface area contributed by atoms with E-state index in [4.69, 9.17) is 16.7 Å². The molecule has 0 bridgehead atoms. The van der Waals surface area contributed by atoms with Crippen molar-refractivity contribution in [2.45, 2.75) is 31.7 Å². The zero-order valence-electron chi connectivity index (χ0n) is 15.6. The Labute approximate surface area is 172 Å². The summed E-state index contributed by atoms with van der Waals surface area (Å²) in [4.78, 5) is 23.4. The number of nitrogens with one attached hydrogen (secondary N) is 1. The number of nitrogens with zero attached hydrogens (tertiary/aromatic N) is 2. The van der Waals surface area contributed by atoms with Crippen molar-refractivity contribution in [3.63, 3.8) is 0 Å². The number of aliphatic carboxylic acids is 1. The molecule has 29 heavy (non-hydrogen) atoms. The van der Waals surface area contributed by atoms with Gasteiger partial charge in [0.15, 0.2) is 0 Å². The molecule has 1 aromatic heterocycles.